The van der Waals surface area contributed by atoms with Gasteiger partial charge in [0.1, 0.15) is 0 Å². The van der Waals surface area contributed by atoms with E-state index in [0.717, 1.165) is 0 Å². The van der Waals surface area contributed by atoms with Crippen LogP contribution in [0.2, 0.25) is 0 Å². The highest BCUT2D eigenvalue weighted by atomic mass is 32.5. The standard InChI is InChI=1S/F6S.O/c1-7(2,3,4,5)6;. The fourth-order valence-corrected chi connectivity index (χ4v) is 0. The predicted molar refractivity (Wildman–Crippen MR) is 14.9 cm³/mol. The molecule has 8 heavy (non-hydrogen) atoms. The van der Waals surface area contributed by atoms with Crippen molar-refractivity contribution in [3.05, 3.63) is 0 Å². The summed E-state index contributed by atoms with van der Waals surface area (Å²) in [4.78, 5) is 0. The molecule has 0 aromatic carbocycles. The molecule has 2 radical (unpaired) electrons. The van der Waals surface area contributed by atoms with Gasteiger partial charge in [-0.2, -0.15) is 0 Å². The average Bonchev–Trinajstić information content (AvgIpc) is 0.592. The molecule has 0 amide bonds. The predicted octanol–water partition coefficient (Wildman–Crippen LogP) is 3.05. The zero-order valence-electron chi connectivity index (χ0n) is 3.08. The quantitative estimate of drug-likeness (QED) is 0.489. The van der Waals surface area contributed by atoms with E-state index in [4.69, 9.17) is 0 Å². The van der Waals surface area contributed by atoms with E-state index in [1.165, 1.54) is 0 Å². The normalized spacial score (nSPS) is 20.2. The molecule has 0 bridgehead atoms. The molecular weight excluding hydrogens is 162 g/mol. The van der Waals surface area contributed by atoms with Crippen LogP contribution in [0.15, 0.2) is 0 Å². The lowest BCUT2D eigenvalue weighted by Crippen LogP contribution is -1.92. The third-order valence-electron chi connectivity index (χ3n) is 0. The molecule has 0 N–H and O–H groups in total. The summed E-state index contributed by atoms with van der Waals surface area (Å²) in [6.07, 6.45) is 0. The van der Waals surface area contributed by atoms with Gasteiger partial charge in [0.05, 0.1) is 0 Å². The minimum absolute atomic E-state index is 0. The van der Waals surface area contributed by atoms with Gasteiger partial charge in [-0.05, 0) is 0 Å². The van der Waals surface area contributed by atoms with Crippen molar-refractivity contribution in [1.82, 2.24) is 0 Å². The maximum Gasteiger partial charge on any atom is 0.431 e. The van der Waals surface area contributed by atoms with Crippen LogP contribution < -0.4 is 0 Å². The molecule has 0 spiro atoms. The first-order valence-corrected chi connectivity index (χ1v) is 2.78. The van der Waals surface area contributed by atoms with Crippen LogP contribution in [0, 0.1) is 0 Å². The Morgan fingerprint density at radius 2 is 0.625 bits per heavy atom. The van der Waals surface area contributed by atoms with E-state index in [-0.39, 0.29) is 5.48 Å². The van der Waals surface area contributed by atoms with Crippen molar-refractivity contribution >= 4 is 10.6 Å². The Bertz CT molecular complexity index is 67.1. The first-order chi connectivity index (χ1) is 2.45. The van der Waals surface area contributed by atoms with E-state index in [0.29, 0.717) is 0 Å². The zero-order valence-corrected chi connectivity index (χ0v) is 3.90. The summed E-state index contributed by atoms with van der Waals surface area (Å²) >= 11 is 0. The molecule has 0 heterocycles. The first-order valence-electron chi connectivity index (χ1n) is 0.926. The fourth-order valence-electron chi connectivity index (χ4n) is 0. The Morgan fingerprint density at radius 1 is 0.625 bits per heavy atom. The van der Waals surface area contributed by atoms with Crippen molar-refractivity contribution in [3.63, 3.8) is 0 Å². The van der Waals surface area contributed by atoms with Gasteiger partial charge in [0, 0.05) is 5.48 Å². The van der Waals surface area contributed by atoms with Crippen molar-refractivity contribution in [2.75, 3.05) is 0 Å². The van der Waals surface area contributed by atoms with Gasteiger partial charge in [-0.25, -0.2) is 0 Å². The van der Waals surface area contributed by atoms with Crippen molar-refractivity contribution < 1.29 is 28.8 Å². The fraction of sp³-hybridized carbons (Fsp3) is 0. The van der Waals surface area contributed by atoms with Crippen LogP contribution in [-0.2, 0) is 5.48 Å². The molecule has 0 saturated carbocycles. The van der Waals surface area contributed by atoms with Crippen LogP contribution in [-0.4, -0.2) is 0 Å². The van der Waals surface area contributed by atoms with Gasteiger partial charge >= 0.3 is 10.6 Å². The van der Waals surface area contributed by atoms with E-state index < -0.39 is 10.6 Å². The summed E-state index contributed by atoms with van der Waals surface area (Å²) < 4.78 is 59.1. The van der Waals surface area contributed by atoms with Gasteiger partial charge in [-0.1, -0.05) is 23.3 Å². The summed E-state index contributed by atoms with van der Waals surface area (Å²) in [5.41, 5.74) is 0. The molecule has 0 aromatic rings. The molecule has 0 aliphatic carbocycles. The third kappa shape index (κ3) is 11600. The molecule has 0 rings (SSSR count). The van der Waals surface area contributed by atoms with E-state index in [9.17, 15) is 23.3 Å². The van der Waals surface area contributed by atoms with Gasteiger partial charge in [0.25, 0.3) is 0 Å². The second kappa shape index (κ2) is 1.08. The Hall–Kier alpha value is -0.110. The van der Waals surface area contributed by atoms with Gasteiger partial charge < -0.3 is 0 Å². The molecule has 1 nitrogen and oxygen atoms in total. The molecular formula is F6OS. The molecule has 0 fully saturated rings. The van der Waals surface area contributed by atoms with Crippen molar-refractivity contribution in [2.24, 2.45) is 0 Å². The second-order valence-corrected chi connectivity index (χ2v) is 2.62. The van der Waals surface area contributed by atoms with Gasteiger partial charge in [0.2, 0.25) is 0 Å². The van der Waals surface area contributed by atoms with Gasteiger partial charge in [-0.3, -0.25) is 0 Å². The highest BCUT2D eigenvalue weighted by molar-refractivity contribution is 8.41. The first kappa shape index (κ1) is 10.8. The summed E-state index contributed by atoms with van der Waals surface area (Å²) in [5.74, 6) is 0. The lowest BCUT2D eigenvalue weighted by Gasteiger charge is -2.28. The maximum atomic E-state index is 9.85. The van der Waals surface area contributed by atoms with Crippen LogP contribution in [0.1, 0.15) is 0 Å². The molecule has 0 saturated heterocycles. The Labute approximate surface area is 40.6 Å². The second-order valence-electron chi connectivity index (χ2n) is 0.875. The lowest BCUT2D eigenvalue weighted by atomic mass is 16.0. The van der Waals surface area contributed by atoms with Crippen LogP contribution >= 0.6 is 10.6 Å². The van der Waals surface area contributed by atoms with Crippen LogP contribution in [0.25, 0.3) is 0 Å². The minimum atomic E-state index is -10.5. The van der Waals surface area contributed by atoms with Crippen LogP contribution in [0.3, 0.4) is 0 Å². The highest BCUT2D eigenvalue weighted by Gasteiger charge is 2.64. The zero-order chi connectivity index (χ0) is 6.41. The Kier molecular flexibility index (Phi) is 1.45. The molecule has 0 unspecified atom stereocenters. The number of halogens is 6. The third-order valence-corrected chi connectivity index (χ3v) is 0. The molecule has 0 aliphatic heterocycles. The maximum absolute atomic E-state index is 10.5. The number of rotatable bonds is 0. The molecule has 54 valence electrons. The Balaban J connectivity index is 0. The molecule has 0 aromatic heterocycles. The summed E-state index contributed by atoms with van der Waals surface area (Å²) in [7, 11) is -10.5. The summed E-state index contributed by atoms with van der Waals surface area (Å²) in [6, 6.07) is 0. The summed E-state index contributed by atoms with van der Waals surface area (Å²) in [6.45, 7) is 0. The SMILES string of the molecule is FS(F)(F)(F)(F)F.[O]. The topological polar surface area (TPSA) is 28.5 Å². The van der Waals surface area contributed by atoms with E-state index in [1.54, 1.807) is 0 Å². The van der Waals surface area contributed by atoms with Gasteiger partial charge in [-0.15, -0.1) is 0 Å². The summed E-state index contributed by atoms with van der Waals surface area (Å²) in [5, 5.41) is 0. The van der Waals surface area contributed by atoms with E-state index >= 15 is 0 Å². The van der Waals surface area contributed by atoms with E-state index in [1.807, 2.05) is 0 Å². The number of hydrogen-bond donors (Lipinski definition) is 0. The number of hydrogen-bond acceptors (Lipinski definition) is 0. The van der Waals surface area contributed by atoms with Crippen molar-refractivity contribution in [2.45, 2.75) is 0 Å². The lowest BCUT2D eigenvalue weighted by molar-refractivity contribution is 0.291. The van der Waals surface area contributed by atoms with Crippen LogP contribution in [0.5, 0.6) is 0 Å². The van der Waals surface area contributed by atoms with Gasteiger partial charge in [0.15, 0.2) is 0 Å². The Morgan fingerprint density at radius 3 is 0.625 bits per heavy atom. The van der Waals surface area contributed by atoms with Crippen molar-refractivity contribution in [1.29, 1.82) is 0 Å². The smallest absolute Gasteiger partial charge is 0.0719 e. The van der Waals surface area contributed by atoms with Crippen molar-refractivity contribution in [3.8, 4) is 0 Å². The van der Waals surface area contributed by atoms with E-state index in [2.05, 4.69) is 0 Å². The molecule has 0 atom stereocenters. The highest BCUT2D eigenvalue weighted by Crippen LogP contribution is 2.99. The largest absolute Gasteiger partial charge is 0.431 e. The minimum Gasteiger partial charge on any atom is -0.0719 e. The average molecular weight is 162 g/mol. The van der Waals surface area contributed by atoms with Crippen LogP contribution in [0.4, 0.5) is 23.3 Å². The molecule has 8 heteroatoms. The monoisotopic (exact) mass is 162 g/mol. The molecule has 0 aliphatic rings.